The molecule has 1 aromatic rings. The van der Waals surface area contributed by atoms with Crippen LogP contribution in [-0.4, -0.2) is 23.0 Å². The van der Waals surface area contributed by atoms with Crippen LogP contribution < -0.4 is 0 Å². The molecule has 0 aromatic carbocycles. The highest BCUT2D eigenvalue weighted by Gasteiger charge is 2.03. The third-order valence-corrected chi connectivity index (χ3v) is 2.69. The van der Waals surface area contributed by atoms with Crippen LogP contribution in [0.2, 0.25) is 5.15 Å². The van der Waals surface area contributed by atoms with Gasteiger partial charge in [-0.1, -0.05) is 37.9 Å². The van der Waals surface area contributed by atoms with Crippen molar-refractivity contribution in [1.82, 2.24) is 9.88 Å². The topological polar surface area (TPSA) is 16.1 Å². The summed E-state index contributed by atoms with van der Waals surface area (Å²) in [6, 6.07) is 3.90. The maximum absolute atomic E-state index is 5.74. The molecule has 3 heteroatoms. The van der Waals surface area contributed by atoms with E-state index in [1.807, 2.05) is 18.3 Å². The molecule has 0 saturated heterocycles. The molecule has 1 rings (SSSR count). The molecule has 0 spiro atoms. The summed E-state index contributed by atoms with van der Waals surface area (Å²) in [5.74, 6) is 0. The molecular formula is C12H19ClN2. The van der Waals surface area contributed by atoms with Gasteiger partial charge in [-0.3, -0.25) is 4.90 Å². The van der Waals surface area contributed by atoms with E-state index in [4.69, 9.17) is 11.6 Å². The number of hydrogen-bond acceptors (Lipinski definition) is 2. The van der Waals surface area contributed by atoms with Crippen LogP contribution in [0.1, 0.15) is 32.3 Å². The number of hydrogen-bond donors (Lipinski definition) is 0. The summed E-state index contributed by atoms with van der Waals surface area (Å²) in [7, 11) is 0. The maximum atomic E-state index is 5.74. The number of unbranched alkanes of at least 4 members (excludes halogenated alkanes) is 1. The SMILES string of the molecule is CCCCN(CC)Cc1ccc(Cl)nc1. The van der Waals surface area contributed by atoms with Crippen LogP contribution in [0.25, 0.3) is 0 Å². The number of halogens is 1. The summed E-state index contributed by atoms with van der Waals surface area (Å²) in [5, 5.41) is 0.565. The maximum Gasteiger partial charge on any atom is 0.129 e. The van der Waals surface area contributed by atoms with Crippen molar-refractivity contribution in [3.05, 3.63) is 29.0 Å². The quantitative estimate of drug-likeness (QED) is 0.692. The zero-order valence-electron chi connectivity index (χ0n) is 9.54. The van der Waals surface area contributed by atoms with Gasteiger partial charge in [-0.05, 0) is 31.1 Å². The first-order valence-electron chi connectivity index (χ1n) is 5.59. The molecule has 0 unspecified atom stereocenters. The van der Waals surface area contributed by atoms with Crippen LogP contribution >= 0.6 is 11.6 Å². The Morgan fingerprint density at radius 3 is 2.67 bits per heavy atom. The zero-order valence-corrected chi connectivity index (χ0v) is 10.3. The van der Waals surface area contributed by atoms with Crippen LogP contribution in [0.3, 0.4) is 0 Å². The third-order valence-electron chi connectivity index (χ3n) is 2.47. The lowest BCUT2D eigenvalue weighted by atomic mass is 10.2. The molecule has 0 amide bonds. The fourth-order valence-corrected chi connectivity index (χ4v) is 1.60. The normalized spacial score (nSPS) is 10.9. The van der Waals surface area contributed by atoms with E-state index in [0.29, 0.717) is 5.15 Å². The predicted molar refractivity (Wildman–Crippen MR) is 65.1 cm³/mol. The second kappa shape index (κ2) is 6.81. The first-order chi connectivity index (χ1) is 7.26. The molecule has 1 heterocycles. The van der Waals surface area contributed by atoms with Gasteiger partial charge in [0.05, 0.1) is 0 Å². The van der Waals surface area contributed by atoms with Crippen LogP contribution in [0.15, 0.2) is 18.3 Å². The van der Waals surface area contributed by atoms with E-state index in [1.165, 1.54) is 18.4 Å². The first-order valence-corrected chi connectivity index (χ1v) is 5.96. The van der Waals surface area contributed by atoms with Gasteiger partial charge in [0.1, 0.15) is 5.15 Å². The summed E-state index contributed by atoms with van der Waals surface area (Å²) >= 11 is 5.74. The highest BCUT2D eigenvalue weighted by Crippen LogP contribution is 2.08. The molecule has 0 bridgehead atoms. The molecule has 15 heavy (non-hydrogen) atoms. The minimum absolute atomic E-state index is 0.565. The Kier molecular flexibility index (Phi) is 5.66. The van der Waals surface area contributed by atoms with Gasteiger partial charge in [-0.25, -0.2) is 4.98 Å². The summed E-state index contributed by atoms with van der Waals surface area (Å²) in [4.78, 5) is 6.51. The molecule has 0 N–H and O–H groups in total. The number of rotatable bonds is 6. The lowest BCUT2D eigenvalue weighted by molar-refractivity contribution is 0.275. The second-order valence-electron chi connectivity index (χ2n) is 3.71. The molecule has 2 nitrogen and oxygen atoms in total. The van der Waals surface area contributed by atoms with Crippen molar-refractivity contribution in [2.75, 3.05) is 13.1 Å². The Balaban J connectivity index is 2.47. The molecule has 0 fully saturated rings. The molecule has 0 radical (unpaired) electrons. The fourth-order valence-electron chi connectivity index (χ4n) is 1.49. The molecule has 0 aliphatic carbocycles. The Morgan fingerprint density at radius 2 is 2.13 bits per heavy atom. The average molecular weight is 227 g/mol. The van der Waals surface area contributed by atoms with Gasteiger partial charge in [-0.15, -0.1) is 0 Å². The van der Waals surface area contributed by atoms with E-state index in [1.54, 1.807) is 0 Å². The minimum atomic E-state index is 0.565. The van der Waals surface area contributed by atoms with Gasteiger partial charge in [0.2, 0.25) is 0 Å². The van der Waals surface area contributed by atoms with E-state index in [-0.39, 0.29) is 0 Å². The first kappa shape index (κ1) is 12.5. The number of pyridine rings is 1. The van der Waals surface area contributed by atoms with Crippen LogP contribution in [0.5, 0.6) is 0 Å². The molecule has 1 aromatic heterocycles. The Labute approximate surface area is 97.3 Å². The smallest absolute Gasteiger partial charge is 0.129 e. The molecule has 84 valence electrons. The van der Waals surface area contributed by atoms with Crippen molar-refractivity contribution in [2.45, 2.75) is 33.2 Å². The summed E-state index contributed by atoms with van der Waals surface area (Å²) in [6.45, 7) is 7.63. The van der Waals surface area contributed by atoms with Crippen molar-refractivity contribution in [3.8, 4) is 0 Å². The van der Waals surface area contributed by atoms with Crippen LogP contribution in [-0.2, 0) is 6.54 Å². The molecule has 0 aliphatic heterocycles. The Morgan fingerprint density at radius 1 is 1.33 bits per heavy atom. The monoisotopic (exact) mass is 226 g/mol. The third kappa shape index (κ3) is 4.63. The number of aromatic nitrogens is 1. The van der Waals surface area contributed by atoms with Crippen molar-refractivity contribution in [2.24, 2.45) is 0 Å². The second-order valence-corrected chi connectivity index (χ2v) is 4.10. The molecule has 0 aliphatic rings. The number of nitrogens with zero attached hydrogens (tertiary/aromatic N) is 2. The zero-order chi connectivity index (χ0) is 11.1. The molecule has 0 atom stereocenters. The van der Waals surface area contributed by atoms with Crippen molar-refractivity contribution in [1.29, 1.82) is 0 Å². The van der Waals surface area contributed by atoms with Gasteiger partial charge in [0.25, 0.3) is 0 Å². The standard InChI is InChI=1S/C12H19ClN2/c1-3-5-8-15(4-2)10-11-6-7-12(13)14-9-11/h6-7,9H,3-5,8,10H2,1-2H3. The van der Waals surface area contributed by atoms with E-state index >= 15 is 0 Å². The Hall–Kier alpha value is -0.600. The van der Waals surface area contributed by atoms with E-state index < -0.39 is 0 Å². The van der Waals surface area contributed by atoms with E-state index in [0.717, 1.165) is 19.6 Å². The highest BCUT2D eigenvalue weighted by atomic mass is 35.5. The summed E-state index contributed by atoms with van der Waals surface area (Å²) in [6.07, 6.45) is 4.36. The van der Waals surface area contributed by atoms with Crippen molar-refractivity contribution in [3.63, 3.8) is 0 Å². The van der Waals surface area contributed by atoms with Gasteiger partial charge in [0, 0.05) is 12.7 Å². The molecule has 0 saturated carbocycles. The van der Waals surface area contributed by atoms with Crippen LogP contribution in [0.4, 0.5) is 0 Å². The summed E-state index contributed by atoms with van der Waals surface area (Å²) < 4.78 is 0. The van der Waals surface area contributed by atoms with E-state index in [2.05, 4.69) is 23.7 Å². The minimum Gasteiger partial charge on any atom is -0.299 e. The predicted octanol–water partition coefficient (Wildman–Crippen LogP) is 3.36. The largest absolute Gasteiger partial charge is 0.299 e. The lowest BCUT2D eigenvalue weighted by Crippen LogP contribution is -2.23. The van der Waals surface area contributed by atoms with Gasteiger partial charge in [-0.2, -0.15) is 0 Å². The summed E-state index contributed by atoms with van der Waals surface area (Å²) in [5.41, 5.74) is 1.23. The van der Waals surface area contributed by atoms with Crippen molar-refractivity contribution < 1.29 is 0 Å². The Bertz CT molecular complexity index is 271. The fraction of sp³-hybridized carbons (Fsp3) is 0.583. The molecular weight excluding hydrogens is 208 g/mol. The lowest BCUT2D eigenvalue weighted by Gasteiger charge is -2.19. The highest BCUT2D eigenvalue weighted by molar-refractivity contribution is 6.29. The van der Waals surface area contributed by atoms with Crippen molar-refractivity contribution >= 4 is 11.6 Å². The van der Waals surface area contributed by atoms with Gasteiger partial charge < -0.3 is 0 Å². The van der Waals surface area contributed by atoms with Gasteiger partial charge >= 0.3 is 0 Å². The van der Waals surface area contributed by atoms with Gasteiger partial charge in [0.15, 0.2) is 0 Å². The van der Waals surface area contributed by atoms with E-state index in [9.17, 15) is 0 Å². The van der Waals surface area contributed by atoms with Crippen LogP contribution in [0, 0.1) is 0 Å². The average Bonchev–Trinajstić information content (AvgIpc) is 2.27.